The van der Waals surface area contributed by atoms with Crippen molar-refractivity contribution in [2.75, 3.05) is 18.1 Å². The number of hydrogen-bond acceptors (Lipinski definition) is 7. The summed E-state index contributed by atoms with van der Waals surface area (Å²) in [5.41, 5.74) is -0.801. The predicted octanol–water partition coefficient (Wildman–Crippen LogP) is 0.923. The molecule has 0 aliphatic rings. The van der Waals surface area contributed by atoms with E-state index < -0.39 is 31.2 Å². The van der Waals surface area contributed by atoms with Crippen molar-refractivity contribution in [3.8, 4) is 0 Å². The molecule has 0 saturated carbocycles. The largest absolute Gasteiger partial charge is 0.477 e. The first-order chi connectivity index (χ1) is 9.45. The molecule has 1 heterocycles. The van der Waals surface area contributed by atoms with Crippen molar-refractivity contribution in [3.05, 3.63) is 27.9 Å². The van der Waals surface area contributed by atoms with Gasteiger partial charge < -0.3 is 10.4 Å². The van der Waals surface area contributed by atoms with Crippen LogP contribution in [0.5, 0.6) is 0 Å². The number of carbonyl (C=O) groups is 1. The first kappa shape index (κ1) is 16.8. The van der Waals surface area contributed by atoms with Gasteiger partial charge in [0, 0.05) is 18.9 Å². The average molecular weight is 317 g/mol. The Morgan fingerprint density at radius 2 is 2.05 bits per heavy atom. The highest BCUT2D eigenvalue weighted by Crippen LogP contribution is 2.24. The van der Waals surface area contributed by atoms with Gasteiger partial charge in [0.2, 0.25) is 5.82 Å². The maximum absolute atomic E-state index is 11.6. The Labute approximate surface area is 121 Å². The standard InChI is InChI=1S/C11H15N3O6S/c1-11(2,21(3,19)20)6-12-9-8(14(17)18)5-4-7(13-9)10(15)16/h4-5H,6H2,1-3H3,(H,12,13)(H,15,16). The number of pyridine rings is 1. The Bertz CT molecular complexity index is 683. The highest BCUT2D eigenvalue weighted by atomic mass is 32.2. The summed E-state index contributed by atoms with van der Waals surface area (Å²) in [6.45, 7) is 2.74. The molecule has 0 saturated heterocycles. The van der Waals surface area contributed by atoms with Gasteiger partial charge in [-0.05, 0) is 19.9 Å². The number of sulfone groups is 1. The summed E-state index contributed by atoms with van der Waals surface area (Å²) in [5, 5.41) is 22.3. The van der Waals surface area contributed by atoms with Crippen molar-refractivity contribution in [2.45, 2.75) is 18.6 Å². The number of carboxylic acid groups (broad SMARTS) is 1. The van der Waals surface area contributed by atoms with Crippen LogP contribution >= 0.6 is 0 Å². The van der Waals surface area contributed by atoms with Crippen LogP contribution in [0.15, 0.2) is 12.1 Å². The molecule has 2 N–H and O–H groups in total. The molecule has 9 nitrogen and oxygen atoms in total. The third-order valence-electron chi connectivity index (χ3n) is 2.98. The summed E-state index contributed by atoms with van der Waals surface area (Å²) < 4.78 is 22.0. The summed E-state index contributed by atoms with van der Waals surface area (Å²) in [6.07, 6.45) is 1.05. The monoisotopic (exact) mass is 317 g/mol. The van der Waals surface area contributed by atoms with E-state index in [1.54, 1.807) is 0 Å². The van der Waals surface area contributed by atoms with Crippen LogP contribution in [0, 0.1) is 10.1 Å². The van der Waals surface area contributed by atoms with Gasteiger partial charge in [-0.25, -0.2) is 18.2 Å². The molecule has 0 aromatic carbocycles. The van der Waals surface area contributed by atoms with Crippen LogP contribution in [0.4, 0.5) is 11.5 Å². The van der Waals surface area contributed by atoms with Crippen LogP contribution in [-0.2, 0) is 9.84 Å². The van der Waals surface area contributed by atoms with E-state index in [9.17, 15) is 23.3 Å². The number of rotatable bonds is 6. The molecular formula is C11H15N3O6S. The van der Waals surface area contributed by atoms with E-state index in [1.807, 2.05) is 0 Å². The second-order valence-corrected chi connectivity index (χ2v) is 7.66. The Balaban J connectivity index is 3.14. The van der Waals surface area contributed by atoms with Crippen LogP contribution in [0.2, 0.25) is 0 Å². The highest BCUT2D eigenvalue weighted by molar-refractivity contribution is 7.92. The Hall–Kier alpha value is -2.23. The minimum Gasteiger partial charge on any atom is -0.477 e. The minimum absolute atomic E-state index is 0.150. The summed E-state index contributed by atoms with van der Waals surface area (Å²) in [4.78, 5) is 24.6. The third kappa shape index (κ3) is 3.88. The summed E-state index contributed by atoms with van der Waals surface area (Å²) in [7, 11) is -3.41. The van der Waals surface area contributed by atoms with Crippen molar-refractivity contribution in [1.82, 2.24) is 4.98 Å². The van der Waals surface area contributed by atoms with Crippen LogP contribution < -0.4 is 5.32 Å². The van der Waals surface area contributed by atoms with Gasteiger partial charge in [-0.2, -0.15) is 0 Å². The lowest BCUT2D eigenvalue weighted by molar-refractivity contribution is -0.384. The lowest BCUT2D eigenvalue weighted by atomic mass is 10.2. The molecule has 1 rings (SSSR count). The number of carboxylic acids is 1. The Morgan fingerprint density at radius 3 is 2.48 bits per heavy atom. The zero-order valence-corrected chi connectivity index (χ0v) is 12.5. The molecule has 116 valence electrons. The van der Waals surface area contributed by atoms with E-state index in [0.29, 0.717) is 0 Å². The fourth-order valence-electron chi connectivity index (χ4n) is 1.28. The van der Waals surface area contributed by atoms with E-state index in [-0.39, 0.29) is 18.1 Å². The van der Waals surface area contributed by atoms with Gasteiger partial charge in [-0.15, -0.1) is 0 Å². The molecule has 21 heavy (non-hydrogen) atoms. The maximum atomic E-state index is 11.6. The molecule has 0 unspecified atom stereocenters. The lowest BCUT2D eigenvalue weighted by Crippen LogP contribution is -2.38. The zero-order chi connectivity index (χ0) is 16.4. The number of nitro groups is 1. The molecule has 0 bridgehead atoms. The summed E-state index contributed by atoms with van der Waals surface area (Å²) >= 11 is 0. The first-order valence-corrected chi connectivity index (χ1v) is 7.67. The number of nitrogens with one attached hydrogen (secondary N) is 1. The molecule has 0 aliphatic heterocycles. The molecule has 0 atom stereocenters. The van der Waals surface area contributed by atoms with Crippen molar-refractivity contribution >= 4 is 27.3 Å². The van der Waals surface area contributed by atoms with Gasteiger partial charge in [0.05, 0.1) is 9.67 Å². The maximum Gasteiger partial charge on any atom is 0.354 e. The van der Waals surface area contributed by atoms with E-state index in [4.69, 9.17) is 5.11 Å². The quantitative estimate of drug-likeness (QED) is 0.583. The van der Waals surface area contributed by atoms with Crippen LogP contribution in [0.3, 0.4) is 0 Å². The molecule has 0 amide bonds. The molecule has 1 aromatic rings. The summed E-state index contributed by atoms with van der Waals surface area (Å²) in [6, 6.07) is 2.01. The highest BCUT2D eigenvalue weighted by Gasteiger charge is 2.31. The molecule has 0 fully saturated rings. The van der Waals surface area contributed by atoms with E-state index in [1.165, 1.54) is 13.8 Å². The van der Waals surface area contributed by atoms with Gasteiger partial charge in [-0.3, -0.25) is 10.1 Å². The van der Waals surface area contributed by atoms with Gasteiger partial charge in [0.25, 0.3) is 0 Å². The molecule has 10 heteroatoms. The fraction of sp³-hybridized carbons (Fsp3) is 0.455. The van der Waals surface area contributed by atoms with Crippen molar-refractivity contribution in [1.29, 1.82) is 0 Å². The molecule has 1 aromatic heterocycles. The third-order valence-corrected chi connectivity index (χ3v) is 5.13. The van der Waals surface area contributed by atoms with Crippen LogP contribution in [-0.4, -0.2) is 46.9 Å². The number of aromatic carboxylic acids is 1. The molecular weight excluding hydrogens is 302 g/mol. The normalized spacial score (nSPS) is 12.0. The van der Waals surface area contributed by atoms with Crippen LogP contribution in [0.25, 0.3) is 0 Å². The number of anilines is 1. The SMILES string of the molecule is CC(C)(CNc1nc(C(=O)O)ccc1[N+](=O)[O-])S(C)(=O)=O. The van der Waals surface area contributed by atoms with Gasteiger partial charge >= 0.3 is 11.7 Å². The second-order valence-electron chi connectivity index (χ2n) is 5.01. The number of hydrogen-bond donors (Lipinski definition) is 2. The van der Waals surface area contributed by atoms with Crippen molar-refractivity contribution in [2.24, 2.45) is 0 Å². The number of aromatic nitrogens is 1. The number of nitrogens with zero attached hydrogens (tertiary/aromatic N) is 2. The van der Waals surface area contributed by atoms with Crippen LogP contribution in [0.1, 0.15) is 24.3 Å². The second kappa shape index (κ2) is 5.64. The summed E-state index contributed by atoms with van der Waals surface area (Å²) in [5.74, 6) is -1.62. The molecule has 0 radical (unpaired) electrons. The van der Waals surface area contributed by atoms with E-state index in [0.717, 1.165) is 18.4 Å². The lowest BCUT2D eigenvalue weighted by Gasteiger charge is -2.22. The van der Waals surface area contributed by atoms with E-state index in [2.05, 4.69) is 10.3 Å². The minimum atomic E-state index is -3.41. The zero-order valence-electron chi connectivity index (χ0n) is 11.7. The predicted molar refractivity (Wildman–Crippen MR) is 75.3 cm³/mol. The topological polar surface area (TPSA) is 140 Å². The average Bonchev–Trinajstić information content (AvgIpc) is 2.34. The smallest absolute Gasteiger partial charge is 0.354 e. The van der Waals surface area contributed by atoms with E-state index >= 15 is 0 Å². The van der Waals surface area contributed by atoms with Gasteiger partial charge in [0.15, 0.2) is 15.5 Å². The van der Waals surface area contributed by atoms with Crippen molar-refractivity contribution in [3.63, 3.8) is 0 Å². The Morgan fingerprint density at radius 1 is 1.48 bits per heavy atom. The Kier molecular flexibility index (Phi) is 4.52. The fourth-order valence-corrected chi connectivity index (χ4v) is 1.61. The van der Waals surface area contributed by atoms with Gasteiger partial charge in [-0.1, -0.05) is 0 Å². The first-order valence-electron chi connectivity index (χ1n) is 5.78. The molecule has 0 spiro atoms. The molecule has 0 aliphatic carbocycles. The van der Waals surface area contributed by atoms with Gasteiger partial charge in [0.1, 0.15) is 0 Å². The van der Waals surface area contributed by atoms with Crippen molar-refractivity contribution < 1.29 is 23.2 Å².